The van der Waals surface area contributed by atoms with Gasteiger partial charge in [-0.3, -0.25) is 0 Å². The van der Waals surface area contributed by atoms with Crippen molar-refractivity contribution in [3.8, 4) is 17.2 Å². The molecule has 0 saturated heterocycles. The molecule has 1 radical (unpaired) electrons. The summed E-state index contributed by atoms with van der Waals surface area (Å²) in [6, 6.07) is 4.96. The molecule has 0 heterocycles. The number of ether oxygens (including phenoxy) is 3. The van der Waals surface area contributed by atoms with Crippen LogP contribution in [0.1, 0.15) is 0 Å². The van der Waals surface area contributed by atoms with Gasteiger partial charge in [-0.2, -0.15) is 5.11 Å². The number of hydrogen-bond acceptors (Lipinski definition) is 3. The lowest BCUT2D eigenvalue weighted by Gasteiger charge is -2.07. The molecule has 71 valence electrons. The fraction of sp³-hybridized carbons (Fsp3) is 0.333. The number of methoxy groups -OCH3 is 2. The molecular weight excluding hydrogens is 172 g/mol. The SMILES string of the molecule is COc1cc(OC)cc(OC[O])c1. The summed E-state index contributed by atoms with van der Waals surface area (Å²) in [5.74, 6) is 1.65. The third-order valence-electron chi connectivity index (χ3n) is 1.55. The molecular formula is C9H11O4. The average molecular weight is 183 g/mol. The Morgan fingerprint density at radius 2 is 1.46 bits per heavy atom. The number of benzene rings is 1. The summed E-state index contributed by atoms with van der Waals surface area (Å²) in [6.45, 7) is -0.615. The predicted octanol–water partition coefficient (Wildman–Crippen LogP) is 1.47. The highest BCUT2D eigenvalue weighted by atomic mass is 16.6. The van der Waals surface area contributed by atoms with Crippen LogP contribution < -0.4 is 14.2 Å². The summed E-state index contributed by atoms with van der Waals surface area (Å²) in [6.07, 6.45) is 0. The van der Waals surface area contributed by atoms with Crippen LogP contribution in [-0.4, -0.2) is 21.0 Å². The van der Waals surface area contributed by atoms with Gasteiger partial charge in [0.2, 0.25) is 6.79 Å². The zero-order chi connectivity index (χ0) is 9.68. The highest BCUT2D eigenvalue weighted by molar-refractivity contribution is 5.41. The molecule has 13 heavy (non-hydrogen) atoms. The quantitative estimate of drug-likeness (QED) is 0.664. The average Bonchev–Trinajstić information content (AvgIpc) is 2.17. The van der Waals surface area contributed by atoms with Crippen LogP contribution in [-0.2, 0) is 5.11 Å². The van der Waals surface area contributed by atoms with Gasteiger partial charge in [0.25, 0.3) is 0 Å². The molecule has 0 N–H and O–H groups in total. The third kappa shape index (κ3) is 2.52. The monoisotopic (exact) mass is 183 g/mol. The molecule has 0 aliphatic heterocycles. The van der Waals surface area contributed by atoms with E-state index in [1.807, 2.05) is 0 Å². The van der Waals surface area contributed by atoms with Crippen molar-refractivity contribution in [3.63, 3.8) is 0 Å². The molecule has 4 nitrogen and oxygen atoms in total. The highest BCUT2D eigenvalue weighted by Gasteiger charge is 2.01. The summed E-state index contributed by atoms with van der Waals surface area (Å²) in [4.78, 5) is 0. The fourth-order valence-corrected chi connectivity index (χ4v) is 0.933. The van der Waals surface area contributed by atoms with Crippen molar-refractivity contribution in [3.05, 3.63) is 18.2 Å². The first-order valence-corrected chi connectivity index (χ1v) is 3.74. The minimum Gasteiger partial charge on any atom is -0.496 e. The lowest BCUT2D eigenvalue weighted by atomic mass is 10.3. The topological polar surface area (TPSA) is 47.6 Å². The Bertz CT molecular complexity index is 250. The fourth-order valence-electron chi connectivity index (χ4n) is 0.933. The first-order chi connectivity index (χ1) is 6.30. The van der Waals surface area contributed by atoms with Crippen molar-refractivity contribution in [2.24, 2.45) is 0 Å². The van der Waals surface area contributed by atoms with Crippen molar-refractivity contribution in [1.82, 2.24) is 0 Å². The second kappa shape index (κ2) is 4.57. The van der Waals surface area contributed by atoms with Gasteiger partial charge in [0, 0.05) is 18.2 Å². The maximum atomic E-state index is 10.2. The molecule has 0 amide bonds. The number of rotatable bonds is 4. The van der Waals surface area contributed by atoms with Crippen molar-refractivity contribution < 1.29 is 19.3 Å². The molecule has 0 saturated carbocycles. The lowest BCUT2D eigenvalue weighted by Crippen LogP contribution is -1.95. The van der Waals surface area contributed by atoms with Gasteiger partial charge < -0.3 is 14.2 Å². The summed E-state index contributed by atoms with van der Waals surface area (Å²) >= 11 is 0. The normalized spacial score (nSPS) is 9.46. The van der Waals surface area contributed by atoms with E-state index >= 15 is 0 Å². The zero-order valence-electron chi connectivity index (χ0n) is 7.57. The van der Waals surface area contributed by atoms with Crippen LogP contribution >= 0.6 is 0 Å². The maximum Gasteiger partial charge on any atom is 0.221 e. The molecule has 0 aromatic heterocycles. The Hall–Kier alpha value is -1.42. The van der Waals surface area contributed by atoms with Crippen LogP contribution in [0.3, 0.4) is 0 Å². The molecule has 0 unspecified atom stereocenters. The lowest BCUT2D eigenvalue weighted by molar-refractivity contribution is 0.0373. The van der Waals surface area contributed by atoms with Gasteiger partial charge in [0.1, 0.15) is 17.2 Å². The van der Waals surface area contributed by atoms with Crippen molar-refractivity contribution >= 4 is 0 Å². The summed E-state index contributed by atoms with van der Waals surface area (Å²) in [7, 11) is 3.07. The van der Waals surface area contributed by atoms with E-state index in [4.69, 9.17) is 14.2 Å². The molecule has 0 bridgehead atoms. The molecule has 0 atom stereocenters. The van der Waals surface area contributed by atoms with Crippen molar-refractivity contribution in [2.45, 2.75) is 0 Å². The Kier molecular flexibility index (Phi) is 3.40. The van der Waals surface area contributed by atoms with Crippen LogP contribution in [0.25, 0.3) is 0 Å². The van der Waals surface area contributed by atoms with Crippen LogP contribution in [0.2, 0.25) is 0 Å². The molecule has 1 rings (SSSR count). The first kappa shape index (κ1) is 9.67. The Morgan fingerprint density at radius 1 is 1.00 bits per heavy atom. The van der Waals surface area contributed by atoms with E-state index < -0.39 is 6.79 Å². The predicted molar refractivity (Wildman–Crippen MR) is 45.7 cm³/mol. The molecule has 0 fully saturated rings. The minimum absolute atomic E-state index is 0.450. The molecule has 0 spiro atoms. The van der Waals surface area contributed by atoms with Gasteiger partial charge in [-0.1, -0.05) is 0 Å². The minimum atomic E-state index is -0.615. The van der Waals surface area contributed by atoms with Crippen LogP contribution in [0, 0.1) is 0 Å². The van der Waals surface area contributed by atoms with Gasteiger partial charge in [0.05, 0.1) is 14.2 Å². The van der Waals surface area contributed by atoms with Gasteiger partial charge in [0.15, 0.2) is 0 Å². The molecule has 4 heteroatoms. The van der Waals surface area contributed by atoms with E-state index in [0.29, 0.717) is 17.2 Å². The van der Waals surface area contributed by atoms with E-state index in [2.05, 4.69) is 0 Å². The van der Waals surface area contributed by atoms with E-state index in [1.54, 1.807) is 18.2 Å². The van der Waals surface area contributed by atoms with Crippen LogP contribution in [0.4, 0.5) is 0 Å². The Morgan fingerprint density at radius 3 is 1.85 bits per heavy atom. The highest BCUT2D eigenvalue weighted by Crippen LogP contribution is 2.27. The van der Waals surface area contributed by atoms with Crippen molar-refractivity contribution in [2.75, 3.05) is 21.0 Å². The summed E-state index contributed by atoms with van der Waals surface area (Å²) in [5, 5.41) is 10.2. The largest absolute Gasteiger partial charge is 0.496 e. The van der Waals surface area contributed by atoms with E-state index in [-0.39, 0.29) is 0 Å². The Labute approximate surface area is 76.7 Å². The van der Waals surface area contributed by atoms with E-state index in [0.717, 1.165) is 0 Å². The second-order valence-electron chi connectivity index (χ2n) is 2.31. The standard InChI is InChI=1S/C9H11O4/c1-11-7-3-8(12-2)5-9(4-7)13-6-10/h3-5H,6H2,1-2H3. The third-order valence-corrected chi connectivity index (χ3v) is 1.55. The van der Waals surface area contributed by atoms with Crippen LogP contribution in [0.5, 0.6) is 17.2 Å². The van der Waals surface area contributed by atoms with Gasteiger partial charge in [-0.05, 0) is 0 Å². The summed E-state index contributed by atoms with van der Waals surface area (Å²) < 4.78 is 14.7. The Balaban J connectivity index is 2.93. The van der Waals surface area contributed by atoms with E-state index in [1.165, 1.54) is 14.2 Å². The van der Waals surface area contributed by atoms with Gasteiger partial charge in [-0.25, -0.2) is 0 Å². The number of hydrogen-bond donors (Lipinski definition) is 0. The second-order valence-corrected chi connectivity index (χ2v) is 2.31. The zero-order valence-corrected chi connectivity index (χ0v) is 7.57. The smallest absolute Gasteiger partial charge is 0.221 e. The molecule has 1 aromatic carbocycles. The maximum absolute atomic E-state index is 10.2. The van der Waals surface area contributed by atoms with E-state index in [9.17, 15) is 5.11 Å². The molecule has 1 aromatic rings. The van der Waals surface area contributed by atoms with Gasteiger partial charge >= 0.3 is 0 Å². The molecule has 0 aliphatic carbocycles. The summed E-state index contributed by atoms with van der Waals surface area (Å²) in [5.41, 5.74) is 0. The van der Waals surface area contributed by atoms with Gasteiger partial charge in [-0.15, -0.1) is 0 Å². The van der Waals surface area contributed by atoms with Crippen LogP contribution in [0.15, 0.2) is 18.2 Å². The molecule has 0 aliphatic rings. The van der Waals surface area contributed by atoms with Crippen molar-refractivity contribution in [1.29, 1.82) is 0 Å². The first-order valence-electron chi connectivity index (χ1n) is 3.74.